The molecule has 5 heteroatoms. The fourth-order valence-corrected chi connectivity index (χ4v) is 2.32. The number of amidine groups is 1. The number of pyridine rings is 1. The second kappa shape index (κ2) is 7.05. The van der Waals surface area contributed by atoms with Crippen LogP contribution in [-0.4, -0.2) is 28.8 Å². The van der Waals surface area contributed by atoms with E-state index in [1.54, 1.807) is 18.3 Å². The minimum Gasteiger partial charge on any atom is -0.397 e. The Kier molecular flexibility index (Phi) is 4.66. The van der Waals surface area contributed by atoms with Gasteiger partial charge in [-0.15, -0.1) is 0 Å². The van der Waals surface area contributed by atoms with Crippen LogP contribution in [0.4, 0.5) is 4.39 Å². The van der Waals surface area contributed by atoms with Gasteiger partial charge in [0, 0.05) is 30.9 Å². The number of likely N-dealkylation sites (tertiary alicyclic amines) is 1. The average molecular weight is 310 g/mol. The molecule has 1 saturated heterocycles. The van der Waals surface area contributed by atoms with Crippen LogP contribution in [0.3, 0.4) is 0 Å². The molecule has 1 aromatic carbocycles. The summed E-state index contributed by atoms with van der Waals surface area (Å²) in [6.45, 7) is 2.19. The summed E-state index contributed by atoms with van der Waals surface area (Å²) in [7, 11) is 0. The Hall–Kier alpha value is -2.69. The van der Waals surface area contributed by atoms with Gasteiger partial charge in [-0.3, -0.25) is 9.98 Å². The molecule has 0 amide bonds. The van der Waals surface area contributed by atoms with Gasteiger partial charge in [-0.25, -0.2) is 4.39 Å². The number of nitrogens with two attached hydrogens (primary N) is 1. The van der Waals surface area contributed by atoms with E-state index in [0.717, 1.165) is 25.3 Å². The van der Waals surface area contributed by atoms with E-state index < -0.39 is 0 Å². The second-order valence-electron chi connectivity index (χ2n) is 5.42. The minimum atomic E-state index is -0.235. The van der Waals surface area contributed by atoms with Gasteiger partial charge in [0.1, 0.15) is 11.7 Å². The van der Waals surface area contributed by atoms with Crippen molar-refractivity contribution in [2.75, 3.05) is 13.1 Å². The molecule has 0 aliphatic carbocycles. The first-order chi connectivity index (χ1) is 11.2. The summed E-state index contributed by atoms with van der Waals surface area (Å²) in [5, 5.41) is 0. The van der Waals surface area contributed by atoms with Gasteiger partial charge in [0.25, 0.3) is 0 Å². The van der Waals surface area contributed by atoms with Crippen molar-refractivity contribution in [3.8, 4) is 0 Å². The van der Waals surface area contributed by atoms with Crippen molar-refractivity contribution in [3.63, 3.8) is 0 Å². The van der Waals surface area contributed by atoms with Crippen molar-refractivity contribution >= 4 is 11.5 Å². The standard InChI is InChI=1S/C18H19FN4/c19-15-7-2-1-6-14(15)13-22-18(23-10-5-11-23)12-16(20)17-8-3-4-9-21-17/h1-4,6-9,12H,5,10-11,13,20H2. The van der Waals surface area contributed by atoms with E-state index >= 15 is 0 Å². The normalized spacial score (nSPS) is 15.4. The summed E-state index contributed by atoms with van der Waals surface area (Å²) in [4.78, 5) is 10.9. The number of hydrogen-bond acceptors (Lipinski definition) is 3. The maximum absolute atomic E-state index is 13.7. The first-order valence-electron chi connectivity index (χ1n) is 7.65. The Balaban J connectivity index is 1.83. The topological polar surface area (TPSA) is 54.5 Å². The lowest BCUT2D eigenvalue weighted by molar-refractivity contribution is 0.300. The third-order valence-corrected chi connectivity index (χ3v) is 3.79. The zero-order valence-electron chi connectivity index (χ0n) is 12.8. The summed E-state index contributed by atoms with van der Waals surface area (Å²) < 4.78 is 13.7. The number of aromatic nitrogens is 1. The largest absolute Gasteiger partial charge is 0.397 e. The molecular formula is C18H19FN4. The third kappa shape index (κ3) is 3.74. The smallest absolute Gasteiger partial charge is 0.128 e. The molecule has 2 heterocycles. The number of aliphatic imine (C=N–C) groups is 1. The number of rotatable bonds is 4. The van der Waals surface area contributed by atoms with Gasteiger partial charge in [0.15, 0.2) is 0 Å². The van der Waals surface area contributed by atoms with E-state index in [9.17, 15) is 4.39 Å². The average Bonchev–Trinajstić information content (AvgIpc) is 2.53. The van der Waals surface area contributed by atoms with Crippen LogP contribution >= 0.6 is 0 Å². The maximum atomic E-state index is 13.7. The molecule has 2 N–H and O–H groups in total. The van der Waals surface area contributed by atoms with Crippen molar-refractivity contribution in [2.24, 2.45) is 10.7 Å². The number of hydrogen-bond donors (Lipinski definition) is 1. The monoisotopic (exact) mass is 310 g/mol. The Labute approximate surface area is 135 Å². The highest BCUT2D eigenvalue weighted by molar-refractivity contribution is 5.98. The lowest BCUT2D eigenvalue weighted by Gasteiger charge is -2.33. The SMILES string of the molecule is NC(=CC(=NCc1ccccc1F)N1CCC1)c1ccccn1. The van der Waals surface area contributed by atoms with E-state index in [-0.39, 0.29) is 5.82 Å². The van der Waals surface area contributed by atoms with Crippen molar-refractivity contribution in [2.45, 2.75) is 13.0 Å². The summed E-state index contributed by atoms with van der Waals surface area (Å²) in [5.74, 6) is 0.545. The highest BCUT2D eigenvalue weighted by Gasteiger charge is 2.17. The first kappa shape index (κ1) is 15.2. The van der Waals surface area contributed by atoms with Crippen molar-refractivity contribution in [1.82, 2.24) is 9.88 Å². The molecule has 23 heavy (non-hydrogen) atoms. The fourth-order valence-electron chi connectivity index (χ4n) is 2.32. The van der Waals surface area contributed by atoms with Gasteiger partial charge in [-0.1, -0.05) is 24.3 Å². The number of halogens is 1. The van der Waals surface area contributed by atoms with E-state index in [2.05, 4.69) is 14.9 Å². The van der Waals surface area contributed by atoms with Crippen molar-refractivity contribution < 1.29 is 4.39 Å². The van der Waals surface area contributed by atoms with Gasteiger partial charge < -0.3 is 10.6 Å². The summed E-state index contributed by atoms with van der Waals surface area (Å²) >= 11 is 0. The van der Waals surface area contributed by atoms with Crippen LogP contribution in [0, 0.1) is 5.82 Å². The predicted octanol–water partition coefficient (Wildman–Crippen LogP) is 2.82. The maximum Gasteiger partial charge on any atom is 0.128 e. The van der Waals surface area contributed by atoms with Crippen molar-refractivity contribution in [3.05, 3.63) is 71.8 Å². The molecule has 0 bridgehead atoms. The molecule has 0 spiro atoms. The van der Waals surface area contributed by atoms with Crippen LogP contribution in [-0.2, 0) is 6.54 Å². The van der Waals surface area contributed by atoms with Gasteiger partial charge >= 0.3 is 0 Å². The molecule has 0 radical (unpaired) electrons. The first-order valence-corrected chi connectivity index (χ1v) is 7.65. The second-order valence-corrected chi connectivity index (χ2v) is 5.42. The van der Waals surface area contributed by atoms with Gasteiger partial charge in [-0.05, 0) is 24.6 Å². The highest BCUT2D eigenvalue weighted by Crippen LogP contribution is 2.14. The molecule has 2 aromatic rings. The number of benzene rings is 1. The molecule has 0 unspecified atom stereocenters. The molecule has 1 aromatic heterocycles. The molecule has 1 fully saturated rings. The Morgan fingerprint density at radius 1 is 1.22 bits per heavy atom. The summed E-state index contributed by atoms with van der Waals surface area (Å²) in [6.07, 6.45) is 4.66. The van der Waals surface area contributed by atoms with Crippen LogP contribution in [0.15, 0.2) is 59.7 Å². The lowest BCUT2D eigenvalue weighted by Crippen LogP contribution is -2.41. The van der Waals surface area contributed by atoms with Crippen LogP contribution < -0.4 is 5.73 Å². The fraction of sp³-hybridized carbons (Fsp3) is 0.222. The molecule has 118 valence electrons. The van der Waals surface area contributed by atoms with Crippen LogP contribution in [0.5, 0.6) is 0 Å². The quantitative estimate of drug-likeness (QED) is 0.698. The minimum absolute atomic E-state index is 0.235. The number of nitrogens with zero attached hydrogens (tertiary/aromatic N) is 3. The molecule has 1 aliphatic rings. The Morgan fingerprint density at radius 3 is 2.65 bits per heavy atom. The van der Waals surface area contributed by atoms with E-state index in [4.69, 9.17) is 5.73 Å². The summed E-state index contributed by atoms with van der Waals surface area (Å²) in [6, 6.07) is 12.3. The van der Waals surface area contributed by atoms with E-state index in [0.29, 0.717) is 23.5 Å². The lowest BCUT2D eigenvalue weighted by atomic mass is 10.2. The van der Waals surface area contributed by atoms with Gasteiger partial charge in [0.2, 0.25) is 0 Å². The zero-order chi connectivity index (χ0) is 16.1. The molecule has 4 nitrogen and oxygen atoms in total. The highest BCUT2D eigenvalue weighted by atomic mass is 19.1. The molecular weight excluding hydrogens is 291 g/mol. The van der Waals surface area contributed by atoms with Crippen LogP contribution in [0.25, 0.3) is 5.70 Å². The van der Waals surface area contributed by atoms with E-state index in [1.165, 1.54) is 6.07 Å². The van der Waals surface area contributed by atoms with Crippen molar-refractivity contribution in [1.29, 1.82) is 0 Å². The molecule has 1 aliphatic heterocycles. The molecule has 0 atom stereocenters. The molecule has 3 rings (SSSR count). The van der Waals surface area contributed by atoms with Gasteiger partial charge in [0.05, 0.1) is 17.9 Å². The Morgan fingerprint density at radius 2 is 2.00 bits per heavy atom. The summed E-state index contributed by atoms with van der Waals surface area (Å²) in [5.41, 5.74) is 7.98. The van der Waals surface area contributed by atoms with Crippen LogP contribution in [0.2, 0.25) is 0 Å². The third-order valence-electron chi connectivity index (χ3n) is 3.79. The van der Waals surface area contributed by atoms with Gasteiger partial charge in [-0.2, -0.15) is 0 Å². The zero-order valence-corrected chi connectivity index (χ0v) is 12.8. The molecule has 0 saturated carbocycles. The Bertz CT molecular complexity index is 721. The predicted molar refractivity (Wildman–Crippen MR) is 90.1 cm³/mol. The van der Waals surface area contributed by atoms with E-state index in [1.807, 2.05) is 30.3 Å². The van der Waals surface area contributed by atoms with Crippen LogP contribution in [0.1, 0.15) is 17.7 Å².